The van der Waals surface area contributed by atoms with Crippen LogP contribution >= 0.6 is 23.1 Å². The number of rotatable bonds is 7. The second-order valence-electron chi connectivity index (χ2n) is 5.27. The largest absolute Gasteiger partial charge is 0.497 e. The van der Waals surface area contributed by atoms with Gasteiger partial charge in [-0.3, -0.25) is 4.79 Å². The Bertz CT molecular complexity index is 882. The molecule has 1 heterocycles. The molecule has 1 N–H and O–H groups in total. The molecule has 0 saturated heterocycles. The summed E-state index contributed by atoms with van der Waals surface area (Å²) >= 11 is 2.95. The van der Waals surface area contributed by atoms with E-state index in [-0.39, 0.29) is 11.7 Å². The number of amides is 1. The van der Waals surface area contributed by atoms with Crippen LogP contribution in [0.15, 0.2) is 58.3 Å². The molecule has 0 bridgehead atoms. The predicted octanol–water partition coefficient (Wildman–Crippen LogP) is 4.56. The lowest BCUT2D eigenvalue weighted by Crippen LogP contribution is -2.14. The molecule has 26 heavy (non-hydrogen) atoms. The summed E-state index contributed by atoms with van der Waals surface area (Å²) in [5, 5.41) is 4.86. The van der Waals surface area contributed by atoms with Crippen LogP contribution in [0.3, 0.4) is 0 Å². The molecule has 3 rings (SSSR count). The number of hydrogen-bond acceptors (Lipinski definition) is 6. The molecule has 3 aromatic rings. The number of aromatic nitrogens is 1. The van der Waals surface area contributed by atoms with Gasteiger partial charge < -0.3 is 14.8 Å². The maximum absolute atomic E-state index is 12.2. The minimum atomic E-state index is -0.116. The van der Waals surface area contributed by atoms with Gasteiger partial charge in [0.1, 0.15) is 11.5 Å². The quantitative estimate of drug-likeness (QED) is 0.603. The molecule has 0 atom stereocenters. The van der Waals surface area contributed by atoms with Crippen LogP contribution < -0.4 is 14.8 Å². The molecule has 1 amide bonds. The van der Waals surface area contributed by atoms with Gasteiger partial charge in [0.05, 0.1) is 31.4 Å². The van der Waals surface area contributed by atoms with Crippen molar-refractivity contribution in [2.75, 3.05) is 25.3 Å². The molecule has 134 valence electrons. The van der Waals surface area contributed by atoms with Crippen molar-refractivity contribution < 1.29 is 14.3 Å². The Kier molecular flexibility index (Phi) is 6.14. The van der Waals surface area contributed by atoms with Crippen molar-refractivity contribution >= 4 is 34.7 Å². The lowest BCUT2D eigenvalue weighted by Gasteiger charge is -2.11. The van der Waals surface area contributed by atoms with Gasteiger partial charge in [-0.15, -0.1) is 11.3 Å². The van der Waals surface area contributed by atoms with Crippen molar-refractivity contribution in [3.8, 4) is 22.8 Å². The van der Waals surface area contributed by atoms with Crippen molar-refractivity contribution in [1.82, 2.24) is 4.98 Å². The molecule has 7 heteroatoms. The fraction of sp³-hybridized carbons (Fsp3) is 0.158. The van der Waals surface area contributed by atoms with Gasteiger partial charge >= 0.3 is 0 Å². The van der Waals surface area contributed by atoms with E-state index in [4.69, 9.17) is 9.47 Å². The average Bonchev–Trinajstić information content (AvgIpc) is 3.16. The molecule has 2 aromatic carbocycles. The molecule has 0 radical (unpaired) electrons. The number of carbonyl (C=O) groups is 1. The lowest BCUT2D eigenvalue weighted by molar-refractivity contribution is -0.113. The Morgan fingerprint density at radius 3 is 2.69 bits per heavy atom. The SMILES string of the molecule is COc1ccc(NC(=O)CSc2nc(-c3ccccc3)cs2)c(OC)c1. The lowest BCUT2D eigenvalue weighted by atomic mass is 10.2. The third-order valence-electron chi connectivity index (χ3n) is 3.56. The maximum atomic E-state index is 12.2. The summed E-state index contributed by atoms with van der Waals surface area (Å²) < 4.78 is 11.3. The van der Waals surface area contributed by atoms with Gasteiger partial charge in [0.25, 0.3) is 0 Å². The first-order chi connectivity index (χ1) is 12.7. The zero-order valence-corrected chi connectivity index (χ0v) is 16.0. The summed E-state index contributed by atoms with van der Waals surface area (Å²) in [5.74, 6) is 1.39. The Hall–Kier alpha value is -2.51. The van der Waals surface area contributed by atoms with Gasteiger partial charge in [-0.2, -0.15) is 0 Å². The molecule has 0 spiro atoms. The van der Waals surface area contributed by atoms with Gasteiger partial charge in [0.2, 0.25) is 5.91 Å². The highest BCUT2D eigenvalue weighted by Crippen LogP contribution is 2.30. The number of hydrogen-bond donors (Lipinski definition) is 1. The van der Waals surface area contributed by atoms with Crippen LogP contribution in [0.25, 0.3) is 11.3 Å². The van der Waals surface area contributed by atoms with Gasteiger partial charge in [-0.25, -0.2) is 4.98 Å². The molecule has 0 aliphatic heterocycles. The fourth-order valence-corrected chi connectivity index (χ4v) is 3.92. The first-order valence-electron chi connectivity index (χ1n) is 7.85. The smallest absolute Gasteiger partial charge is 0.234 e. The van der Waals surface area contributed by atoms with Gasteiger partial charge in [0, 0.05) is 17.0 Å². The summed E-state index contributed by atoms with van der Waals surface area (Å²) in [7, 11) is 3.14. The second kappa shape index (κ2) is 8.73. The number of ether oxygens (including phenoxy) is 2. The number of nitrogens with one attached hydrogen (secondary N) is 1. The molecule has 0 aliphatic rings. The molecule has 0 aliphatic carbocycles. The number of thioether (sulfide) groups is 1. The zero-order chi connectivity index (χ0) is 18.4. The molecule has 5 nitrogen and oxygen atoms in total. The van der Waals surface area contributed by atoms with Gasteiger partial charge in [-0.1, -0.05) is 42.1 Å². The standard InChI is InChI=1S/C19H18N2O3S2/c1-23-14-8-9-15(17(10-14)24-2)20-18(22)12-26-19-21-16(11-25-19)13-6-4-3-5-7-13/h3-11H,12H2,1-2H3,(H,20,22). The highest BCUT2D eigenvalue weighted by Gasteiger charge is 2.11. The van der Waals surface area contributed by atoms with E-state index in [2.05, 4.69) is 10.3 Å². The Balaban J connectivity index is 1.59. The first kappa shape index (κ1) is 18.3. The van der Waals surface area contributed by atoms with Crippen LogP contribution in [-0.4, -0.2) is 30.9 Å². The third kappa shape index (κ3) is 4.56. The molecular weight excluding hydrogens is 368 g/mol. The molecule has 0 unspecified atom stereocenters. The average molecular weight is 386 g/mol. The molecule has 0 fully saturated rings. The van der Waals surface area contributed by atoms with Crippen LogP contribution in [0.5, 0.6) is 11.5 Å². The van der Waals surface area contributed by atoms with Gasteiger partial charge in [0.15, 0.2) is 4.34 Å². The van der Waals surface area contributed by atoms with E-state index in [1.54, 1.807) is 32.4 Å². The number of thiazole rings is 1. The van der Waals surface area contributed by atoms with E-state index < -0.39 is 0 Å². The van der Waals surface area contributed by atoms with E-state index in [0.717, 1.165) is 15.6 Å². The number of benzene rings is 2. The first-order valence-corrected chi connectivity index (χ1v) is 9.71. The van der Waals surface area contributed by atoms with Crippen molar-refractivity contribution in [2.24, 2.45) is 0 Å². The highest BCUT2D eigenvalue weighted by molar-refractivity contribution is 8.01. The minimum absolute atomic E-state index is 0.116. The van der Waals surface area contributed by atoms with Crippen LogP contribution in [0.4, 0.5) is 5.69 Å². The van der Waals surface area contributed by atoms with E-state index in [9.17, 15) is 4.79 Å². The van der Waals surface area contributed by atoms with Gasteiger partial charge in [-0.05, 0) is 12.1 Å². The van der Waals surface area contributed by atoms with Crippen molar-refractivity contribution in [2.45, 2.75) is 4.34 Å². The summed E-state index contributed by atoms with van der Waals surface area (Å²) in [5.41, 5.74) is 2.61. The summed E-state index contributed by atoms with van der Waals surface area (Å²) in [4.78, 5) is 16.8. The van der Waals surface area contributed by atoms with Crippen molar-refractivity contribution in [3.63, 3.8) is 0 Å². The van der Waals surface area contributed by atoms with E-state index in [0.29, 0.717) is 17.2 Å². The minimum Gasteiger partial charge on any atom is -0.497 e. The van der Waals surface area contributed by atoms with Crippen molar-refractivity contribution in [3.05, 3.63) is 53.9 Å². The van der Waals surface area contributed by atoms with E-state index >= 15 is 0 Å². The van der Waals surface area contributed by atoms with Crippen LogP contribution in [0.2, 0.25) is 0 Å². The van der Waals surface area contributed by atoms with Crippen molar-refractivity contribution in [1.29, 1.82) is 0 Å². The summed E-state index contributed by atoms with van der Waals surface area (Å²) in [6.07, 6.45) is 0. The van der Waals surface area contributed by atoms with E-state index in [1.165, 1.54) is 23.1 Å². The second-order valence-corrected chi connectivity index (χ2v) is 7.35. The molecular formula is C19H18N2O3S2. The third-order valence-corrected chi connectivity index (χ3v) is 5.58. The summed E-state index contributed by atoms with van der Waals surface area (Å²) in [6.45, 7) is 0. The number of carbonyl (C=O) groups excluding carboxylic acids is 1. The topological polar surface area (TPSA) is 60.5 Å². The monoisotopic (exact) mass is 386 g/mol. The van der Waals surface area contributed by atoms with E-state index in [1.807, 2.05) is 35.7 Å². The predicted molar refractivity (Wildman–Crippen MR) is 106 cm³/mol. The number of nitrogens with zero attached hydrogens (tertiary/aromatic N) is 1. The zero-order valence-electron chi connectivity index (χ0n) is 14.4. The van der Waals surface area contributed by atoms with Crippen LogP contribution in [0, 0.1) is 0 Å². The van der Waals surface area contributed by atoms with Crippen LogP contribution in [-0.2, 0) is 4.79 Å². The van der Waals surface area contributed by atoms with Crippen LogP contribution in [0.1, 0.15) is 0 Å². The molecule has 0 saturated carbocycles. The normalized spacial score (nSPS) is 10.4. The number of methoxy groups -OCH3 is 2. The Morgan fingerprint density at radius 1 is 1.15 bits per heavy atom. The fourth-order valence-electron chi connectivity index (χ4n) is 2.28. The summed E-state index contributed by atoms with van der Waals surface area (Å²) in [6, 6.07) is 15.3. The Morgan fingerprint density at radius 2 is 1.96 bits per heavy atom. The molecule has 1 aromatic heterocycles. The highest BCUT2D eigenvalue weighted by atomic mass is 32.2. The maximum Gasteiger partial charge on any atom is 0.234 e. The number of anilines is 1. The Labute approximate surface area is 160 Å².